The van der Waals surface area contributed by atoms with Gasteiger partial charge >= 0.3 is 11.8 Å². The first-order valence-electron chi connectivity index (χ1n) is 10.6. The fourth-order valence-corrected chi connectivity index (χ4v) is 4.15. The van der Waals surface area contributed by atoms with Gasteiger partial charge in [0.05, 0.1) is 11.0 Å². The molecule has 0 spiro atoms. The van der Waals surface area contributed by atoms with Crippen molar-refractivity contribution in [2.45, 2.75) is 18.9 Å². The van der Waals surface area contributed by atoms with Crippen LogP contribution < -0.4 is 10.6 Å². The number of amides is 2. The monoisotopic (exact) mass is 432 g/mol. The van der Waals surface area contributed by atoms with E-state index in [-0.39, 0.29) is 11.7 Å². The summed E-state index contributed by atoms with van der Waals surface area (Å²) in [6, 6.07) is 19.6. The molecule has 0 aliphatic carbocycles. The highest BCUT2D eigenvalue weighted by atomic mass is 16.6. The molecule has 164 valence electrons. The molecule has 3 aromatic rings. The Balaban J connectivity index is 1.46. The Morgan fingerprint density at radius 2 is 1.62 bits per heavy atom. The second-order valence-corrected chi connectivity index (χ2v) is 7.80. The molecule has 1 heterocycles. The molecule has 0 unspecified atom stereocenters. The van der Waals surface area contributed by atoms with Crippen molar-refractivity contribution < 1.29 is 14.5 Å². The van der Waals surface area contributed by atoms with E-state index in [2.05, 4.69) is 39.8 Å². The smallest absolute Gasteiger partial charge is 0.313 e. The first kappa shape index (κ1) is 21.5. The van der Waals surface area contributed by atoms with Gasteiger partial charge in [0, 0.05) is 24.4 Å². The first-order chi connectivity index (χ1) is 15.5. The Kier molecular flexibility index (Phi) is 6.42. The topological polar surface area (TPSA) is 105 Å². The quantitative estimate of drug-likeness (QED) is 0.352. The van der Waals surface area contributed by atoms with Crippen molar-refractivity contribution in [3.8, 4) is 0 Å². The van der Waals surface area contributed by atoms with Crippen molar-refractivity contribution in [3.63, 3.8) is 0 Å². The van der Waals surface area contributed by atoms with Gasteiger partial charge in [0.25, 0.3) is 5.69 Å². The Bertz CT molecular complexity index is 1130. The summed E-state index contributed by atoms with van der Waals surface area (Å²) in [4.78, 5) is 37.4. The van der Waals surface area contributed by atoms with Crippen molar-refractivity contribution >= 4 is 34.0 Å². The van der Waals surface area contributed by atoms with E-state index in [1.807, 2.05) is 18.2 Å². The maximum Gasteiger partial charge on any atom is 0.313 e. The highest BCUT2D eigenvalue weighted by Gasteiger charge is 2.26. The van der Waals surface area contributed by atoms with Gasteiger partial charge in [-0.15, -0.1) is 0 Å². The highest BCUT2D eigenvalue weighted by Crippen LogP contribution is 2.30. The number of benzene rings is 3. The minimum atomic E-state index is -0.808. The fourth-order valence-electron chi connectivity index (χ4n) is 4.15. The minimum Gasteiger partial charge on any atom is -0.346 e. The predicted octanol–water partition coefficient (Wildman–Crippen LogP) is 3.64. The van der Waals surface area contributed by atoms with Crippen molar-refractivity contribution in [2.24, 2.45) is 0 Å². The van der Waals surface area contributed by atoms with Crippen LogP contribution in [-0.2, 0) is 9.59 Å². The van der Waals surface area contributed by atoms with Gasteiger partial charge in [-0.3, -0.25) is 24.6 Å². The predicted molar refractivity (Wildman–Crippen MR) is 122 cm³/mol. The number of non-ortho nitro benzene ring substituents is 1. The van der Waals surface area contributed by atoms with Crippen molar-refractivity contribution in [1.29, 1.82) is 0 Å². The van der Waals surface area contributed by atoms with Crippen molar-refractivity contribution in [2.75, 3.05) is 25.0 Å². The average molecular weight is 432 g/mol. The lowest BCUT2D eigenvalue weighted by Gasteiger charge is -2.29. The van der Waals surface area contributed by atoms with Crippen LogP contribution in [0.5, 0.6) is 0 Å². The zero-order valence-electron chi connectivity index (χ0n) is 17.5. The molecule has 8 heteroatoms. The second-order valence-electron chi connectivity index (χ2n) is 7.80. The summed E-state index contributed by atoms with van der Waals surface area (Å²) >= 11 is 0. The van der Waals surface area contributed by atoms with Gasteiger partial charge in [0.2, 0.25) is 0 Å². The van der Waals surface area contributed by atoms with Crippen LogP contribution in [-0.4, -0.2) is 41.3 Å². The number of anilines is 1. The summed E-state index contributed by atoms with van der Waals surface area (Å²) in [5.74, 6) is -1.55. The van der Waals surface area contributed by atoms with Crippen LogP contribution in [0.15, 0.2) is 66.7 Å². The maximum absolute atomic E-state index is 12.5. The molecule has 1 aliphatic heterocycles. The molecule has 0 bridgehead atoms. The molecular formula is C24H24N4O4. The average Bonchev–Trinajstić information content (AvgIpc) is 3.34. The van der Waals surface area contributed by atoms with E-state index in [1.165, 1.54) is 24.3 Å². The lowest BCUT2D eigenvalue weighted by molar-refractivity contribution is -0.384. The van der Waals surface area contributed by atoms with Gasteiger partial charge < -0.3 is 10.6 Å². The minimum absolute atomic E-state index is 0.0419. The van der Waals surface area contributed by atoms with Gasteiger partial charge in [-0.2, -0.15) is 0 Å². The molecule has 1 aliphatic rings. The molecule has 2 N–H and O–H groups in total. The molecule has 32 heavy (non-hydrogen) atoms. The zero-order chi connectivity index (χ0) is 22.5. The van der Waals surface area contributed by atoms with Crippen LogP contribution >= 0.6 is 0 Å². The van der Waals surface area contributed by atoms with Gasteiger partial charge in [-0.25, -0.2) is 0 Å². The lowest BCUT2D eigenvalue weighted by atomic mass is 9.97. The molecule has 1 atom stereocenters. The molecule has 3 aromatic carbocycles. The molecule has 0 radical (unpaired) electrons. The molecule has 8 nitrogen and oxygen atoms in total. The molecule has 1 fully saturated rings. The zero-order valence-corrected chi connectivity index (χ0v) is 17.5. The summed E-state index contributed by atoms with van der Waals surface area (Å²) in [5.41, 5.74) is 1.36. The largest absolute Gasteiger partial charge is 0.346 e. The van der Waals surface area contributed by atoms with Gasteiger partial charge in [-0.05, 0) is 54.4 Å². The second kappa shape index (κ2) is 9.57. The van der Waals surface area contributed by atoms with Gasteiger partial charge in [0.1, 0.15) is 0 Å². The molecule has 2 amide bonds. The van der Waals surface area contributed by atoms with Crippen LogP contribution in [0, 0.1) is 10.1 Å². The van der Waals surface area contributed by atoms with E-state index < -0.39 is 16.7 Å². The van der Waals surface area contributed by atoms with E-state index >= 15 is 0 Å². The Labute approximate surface area is 185 Å². The number of nitrogens with zero attached hydrogens (tertiary/aromatic N) is 2. The summed E-state index contributed by atoms with van der Waals surface area (Å²) < 4.78 is 0. The van der Waals surface area contributed by atoms with Crippen molar-refractivity contribution in [1.82, 2.24) is 10.2 Å². The third-order valence-electron chi connectivity index (χ3n) is 5.76. The van der Waals surface area contributed by atoms with E-state index in [0.29, 0.717) is 12.2 Å². The number of hydrogen-bond acceptors (Lipinski definition) is 5. The number of nitrogens with one attached hydrogen (secondary N) is 2. The number of fused-ring (bicyclic) bond motifs is 1. The van der Waals surface area contributed by atoms with E-state index in [0.717, 1.165) is 42.3 Å². The van der Waals surface area contributed by atoms with Crippen LogP contribution in [0.4, 0.5) is 11.4 Å². The summed E-state index contributed by atoms with van der Waals surface area (Å²) in [7, 11) is 0. The van der Waals surface area contributed by atoms with E-state index in [1.54, 1.807) is 0 Å². The summed E-state index contributed by atoms with van der Waals surface area (Å²) in [6.07, 6.45) is 2.21. The SMILES string of the molecule is O=C(NC[C@H](c1cccc2ccccc12)N1CCCC1)C(=O)Nc1ccc([N+](=O)[O-])cc1. The number of hydrogen-bond donors (Lipinski definition) is 2. The number of nitro groups is 1. The number of likely N-dealkylation sites (tertiary alicyclic amines) is 1. The Morgan fingerprint density at radius 1 is 0.938 bits per heavy atom. The lowest BCUT2D eigenvalue weighted by Crippen LogP contribution is -2.41. The molecule has 0 saturated carbocycles. The highest BCUT2D eigenvalue weighted by molar-refractivity contribution is 6.39. The van der Waals surface area contributed by atoms with Gasteiger partial charge in [0.15, 0.2) is 0 Å². The van der Waals surface area contributed by atoms with Crippen LogP contribution in [0.2, 0.25) is 0 Å². The first-order valence-corrected chi connectivity index (χ1v) is 10.6. The fraction of sp³-hybridized carbons (Fsp3) is 0.250. The number of nitro benzene ring substituents is 1. The van der Waals surface area contributed by atoms with E-state index in [4.69, 9.17) is 0 Å². The Hall–Kier alpha value is -3.78. The summed E-state index contributed by atoms with van der Waals surface area (Å²) in [5, 5.41) is 18.3. The van der Waals surface area contributed by atoms with Crippen LogP contribution in [0.3, 0.4) is 0 Å². The van der Waals surface area contributed by atoms with Crippen LogP contribution in [0.1, 0.15) is 24.4 Å². The summed E-state index contributed by atoms with van der Waals surface area (Å²) in [6.45, 7) is 2.19. The van der Waals surface area contributed by atoms with Gasteiger partial charge in [-0.1, -0.05) is 42.5 Å². The van der Waals surface area contributed by atoms with Crippen LogP contribution in [0.25, 0.3) is 10.8 Å². The standard InChI is InChI=1S/C24H24N4O4/c29-23(24(30)26-18-10-12-19(13-11-18)28(31)32)25-16-22(27-14-3-4-15-27)21-9-5-7-17-6-1-2-8-20(17)21/h1-2,5-13,22H,3-4,14-16H2,(H,25,29)(H,26,30)/t22-/m1/s1. The number of carbonyl (C=O) groups is 2. The molecule has 4 rings (SSSR count). The maximum atomic E-state index is 12.5. The molecule has 1 saturated heterocycles. The normalized spacial score (nSPS) is 14.8. The van der Waals surface area contributed by atoms with Crippen molar-refractivity contribution in [3.05, 3.63) is 82.4 Å². The third kappa shape index (κ3) is 4.76. The Morgan fingerprint density at radius 3 is 2.34 bits per heavy atom. The number of rotatable bonds is 6. The molecule has 0 aromatic heterocycles. The number of carbonyl (C=O) groups excluding carboxylic acids is 2. The van der Waals surface area contributed by atoms with E-state index in [9.17, 15) is 19.7 Å². The third-order valence-corrected chi connectivity index (χ3v) is 5.76. The molecular weight excluding hydrogens is 408 g/mol.